The Balaban J connectivity index is 1.49. The molecule has 3 rings (SSSR count). The minimum absolute atomic E-state index is 0.224. The largest absolute Gasteiger partial charge is 0.339 e. The van der Waals surface area contributed by atoms with Crippen molar-refractivity contribution >= 4 is 5.91 Å². The molecule has 5 nitrogen and oxygen atoms in total. The first-order chi connectivity index (χ1) is 8.74. The number of rotatable bonds is 3. The third-order valence-electron chi connectivity index (χ3n) is 4.09. The summed E-state index contributed by atoms with van der Waals surface area (Å²) in [6.45, 7) is 5.77. The molecular weight excluding hydrogens is 228 g/mol. The van der Waals surface area contributed by atoms with E-state index < -0.39 is 0 Å². The second-order valence-electron chi connectivity index (χ2n) is 5.37. The van der Waals surface area contributed by atoms with Crippen molar-refractivity contribution < 1.29 is 4.79 Å². The molecule has 2 fully saturated rings. The van der Waals surface area contributed by atoms with Gasteiger partial charge >= 0.3 is 0 Å². The predicted molar refractivity (Wildman–Crippen MR) is 68.1 cm³/mol. The van der Waals surface area contributed by atoms with E-state index in [2.05, 4.69) is 10.00 Å². The lowest BCUT2D eigenvalue weighted by molar-refractivity contribution is -0.130. The van der Waals surface area contributed by atoms with Crippen LogP contribution in [0.1, 0.15) is 25.8 Å². The van der Waals surface area contributed by atoms with Crippen molar-refractivity contribution in [2.75, 3.05) is 26.2 Å². The van der Waals surface area contributed by atoms with E-state index in [1.54, 1.807) is 6.92 Å². The summed E-state index contributed by atoms with van der Waals surface area (Å²) in [6, 6.07) is 2.92. The summed E-state index contributed by atoms with van der Waals surface area (Å²) in [5, 5.41) is 4.27. The van der Waals surface area contributed by atoms with Gasteiger partial charge in [-0.05, 0) is 18.9 Å². The molecule has 0 bridgehead atoms. The Labute approximate surface area is 107 Å². The summed E-state index contributed by atoms with van der Waals surface area (Å²) < 4.78 is 2.04. The van der Waals surface area contributed by atoms with Gasteiger partial charge in [0.05, 0.1) is 6.04 Å². The number of amides is 1. The highest BCUT2D eigenvalue weighted by molar-refractivity contribution is 5.73. The Morgan fingerprint density at radius 1 is 1.44 bits per heavy atom. The first kappa shape index (κ1) is 11.7. The van der Waals surface area contributed by atoms with Crippen LogP contribution in [0.3, 0.4) is 0 Å². The van der Waals surface area contributed by atoms with E-state index in [1.807, 2.05) is 28.0 Å². The van der Waals surface area contributed by atoms with E-state index in [1.165, 1.54) is 0 Å². The Morgan fingerprint density at radius 3 is 2.94 bits per heavy atom. The highest BCUT2D eigenvalue weighted by Crippen LogP contribution is 2.24. The molecule has 5 heteroatoms. The molecule has 18 heavy (non-hydrogen) atoms. The van der Waals surface area contributed by atoms with E-state index in [4.69, 9.17) is 0 Å². The van der Waals surface area contributed by atoms with Crippen LogP contribution < -0.4 is 0 Å². The number of nitrogens with zero attached hydrogens (tertiary/aromatic N) is 4. The zero-order valence-corrected chi connectivity index (χ0v) is 10.8. The summed E-state index contributed by atoms with van der Waals surface area (Å²) in [5.41, 5.74) is 0. The molecular formula is C13H20N4O. The number of aromatic nitrogens is 2. The van der Waals surface area contributed by atoms with Crippen LogP contribution in [-0.4, -0.2) is 57.7 Å². The lowest BCUT2D eigenvalue weighted by Crippen LogP contribution is -2.53. The Morgan fingerprint density at radius 2 is 2.28 bits per heavy atom. The molecule has 0 N–H and O–H groups in total. The Kier molecular flexibility index (Phi) is 3.07. The molecule has 1 aromatic heterocycles. The summed E-state index contributed by atoms with van der Waals surface area (Å²) in [5.74, 6) is 0.224. The second kappa shape index (κ2) is 4.72. The molecule has 1 unspecified atom stereocenters. The van der Waals surface area contributed by atoms with Gasteiger partial charge in [-0.3, -0.25) is 14.4 Å². The van der Waals surface area contributed by atoms with Crippen LogP contribution in [0.5, 0.6) is 0 Å². The number of hydrogen-bond donors (Lipinski definition) is 0. The first-order valence-electron chi connectivity index (χ1n) is 6.73. The van der Waals surface area contributed by atoms with Crippen molar-refractivity contribution in [2.45, 2.75) is 31.8 Å². The van der Waals surface area contributed by atoms with Crippen molar-refractivity contribution in [2.24, 2.45) is 0 Å². The molecule has 2 aliphatic heterocycles. The number of carbonyl (C=O) groups excluding carboxylic acids is 1. The average Bonchev–Trinajstić information content (AvgIpc) is 2.93. The Bertz CT molecular complexity index is 411. The van der Waals surface area contributed by atoms with Gasteiger partial charge in [-0.25, -0.2) is 0 Å². The molecule has 1 amide bonds. The average molecular weight is 248 g/mol. The minimum atomic E-state index is 0.224. The second-order valence-corrected chi connectivity index (χ2v) is 5.37. The van der Waals surface area contributed by atoms with Gasteiger partial charge in [0.15, 0.2) is 0 Å². The lowest BCUT2D eigenvalue weighted by Gasteiger charge is -2.41. The fourth-order valence-electron chi connectivity index (χ4n) is 3.09. The van der Waals surface area contributed by atoms with Gasteiger partial charge in [-0.2, -0.15) is 5.10 Å². The number of hydrogen-bond acceptors (Lipinski definition) is 3. The summed E-state index contributed by atoms with van der Waals surface area (Å²) in [7, 11) is 0. The third-order valence-corrected chi connectivity index (χ3v) is 4.09. The maximum Gasteiger partial charge on any atom is 0.219 e. The van der Waals surface area contributed by atoms with Crippen LogP contribution in [0, 0.1) is 0 Å². The van der Waals surface area contributed by atoms with Crippen molar-refractivity contribution in [3.05, 3.63) is 18.5 Å². The van der Waals surface area contributed by atoms with E-state index in [0.717, 1.165) is 39.0 Å². The zero-order chi connectivity index (χ0) is 12.5. The van der Waals surface area contributed by atoms with Gasteiger partial charge in [0.1, 0.15) is 0 Å². The molecule has 98 valence electrons. The SMILES string of the molecule is CC(=O)N1CCCC1CN1CC(n2cccn2)C1. The van der Waals surface area contributed by atoms with Gasteiger partial charge < -0.3 is 4.90 Å². The van der Waals surface area contributed by atoms with Crippen LogP contribution >= 0.6 is 0 Å². The van der Waals surface area contributed by atoms with E-state index in [-0.39, 0.29) is 5.91 Å². The van der Waals surface area contributed by atoms with E-state index in [9.17, 15) is 4.79 Å². The topological polar surface area (TPSA) is 41.4 Å². The van der Waals surface area contributed by atoms with Gasteiger partial charge in [0.2, 0.25) is 5.91 Å². The standard InChI is InChI=1S/C13H20N4O/c1-11(18)16-6-2-4-12(16)8-15-9-13(10-15)17-7-3-5-14-17/h3,5,7,12-13H,2,4,6,8-10H2,1H3. The fraction of sp³-hybridized carbons (Fsp3) is 0.692. The minimum Gasteiger partial charge on any atom is -0.339 e. The molecule has 0 aromatic carbocycles. The summed E-state index contributed by atoms with van der Waals surface area (Å²) in [4.78, 5) is 15.9. The maximum absolute atomic E-state index is 11.5. The van der Waals surface area contributed by atoms with Gasteiger partial charge in [0, 0.05) is 51.5 Å². The summed E-state index contributed by atoms with van der Waals surface area (Å²) >= 11 is 0. The molecule has 0 aliphatic carbocycles. The highest BCUT2D eigenvalue weighted by Gasteiger charge is 2.34. The third kappa shape index (κ3) is 2.14. The maximum atomic E-state index is 11.5. The zero-order valence-electron chi connectivity index (χ0n) is 10.8. The molecule has 1 atom stereocenters. The van der Waals surface area contributed by atoms with Gasteiger partial charge in [-0.1, -0.05) is 0 Å². The molecule has 1 aromatic rings. The fourth-order valence-corrected chi connectivity index (χ4v) is 3.09. The van der Waals surface area contributed by atoms with Crippen LogP contribution in [0.25, 0.3) is 0 Å². The number of carbonyl (C=O) groups is 1. The quantitative estimate of drug-likeness (QED) is 0.792. The van der Waals surface area contributed by atoms with Crippen LogP contribution in [-0.2, 0) is 4.79 Å². The monoisotopic (exact) mass is 248 g/mol. The predicted octanol–water partition coefficient (Wildman–Crippen LogP) is 0.751. The molecule has 2 saturated heterocycles. The molecule has 0 radical (unpaired) electrons. The normalized spacial score (nSPS) is 25.4. The first-order valence-corrected chi connectivity index (χ1v) is 6.73. The molecule has 0 spiro atoms. The molecule has 3 heterocycles. The lowest BCUT2D eigenvalue weighted by atomic mass is 10.1. The van der Waals surface area contributed by atoms with Crippen molar-refractivity contribution in [3.63, 3.8) is 0 Å². The van der Waals surface area contributed by atoms with Crippen LogP contribution in [0.15, 0.2) is 18.5 Å². The van der Waals surface area contributed by atoms with Crippen molar-refractivity contribution in [1.29, 1.82) is 0 Å². The smallest absolute Gasteiger partial charge is 0.219 e. The van der Waals surface area contributed by atoms with Crippen molar-refractivity contribution in [1.82, 2.24) is 19.6 Å². The van der Waals surface area contributed by atoms with E-state index in [0.29, 0.717) is 12.1 Å². The highest BCUT2D eigenvalue weighted by atomic mass is 16.2. The van der Waals surface area contributed by atoms with Crippen LogP contribution in [0.4, 0.5) is 0 Å². The van der Waals surface area contributed by atoms with Crippen LogP contribution in [0.2, 0.25) is 0 Å². The van der Waals surface area contributed by atoms with Gasteiger partial charge in [0.25, 0.3) is 0 Å². The number of likely N-dealkylation sites (tertiary alicyclic amines) is 2. The van der Waals surface area contributed by atoms with E-state index >= 15 is 0 Å². The van der Waals surface area contributed by atoms with Gasteiger partial charge in [-0.15, -0.1) is 0 Å². The Hall–Kier alpha value is -1.36. The molecule has 0 saturated carbocycles. The molecule has 2 aliphatic rings. The summed E-state index contributed by atoms with van der Waals surface area (Å²) in [6.07, 6.45) is 6.17. The van der Waals surface area contributed by atoms with Crippen molar-refractivity contribution in [3.8, 4) is 0 Å².